The lowest BCUT2D eigenvalue weighted by atomic mass is 10.1. The summed E-state index contributed by atoms with van der Waals surface area (Å²) in [6.45, 7) is 0. The van der Waals surface area contributed by atoms with E-state index in [-0.39, 0.29) is 15.5 Å². The van der Waals surface area contributed by atoms with Crippen LogP contribution in [0.4, 0.5) is 0 Å². The molecule has 4 aromatic rings. The van der Waals surface area contributed by atoms with Crippen molar-refractivity contribution < 1.29 is 22.4 Å². The molecule has 148 valence electrons. The molecule has 0 unspecified atom stereocenters. The molecule has 0 aliphatic carbocycles. The third-order valence-electron chi connectivity index (χ3n) is 4.50. The van der Waals surface area contributed by atoms with Gasteiger partial charge in [0.1, 0.15) is 16.9 Å². The van der Waals surface area contributed by atoms with E-state index in [9.17, 15) is 13.2 Å². The maximum absolute atomic E-state index is 12.7. The molecule has 0 fully saturated rings. The Morgan fingerprint density at radius 3 is 2.45 bits per heavy atom. The van der Waals surface area contributed by atoms with Crippen LogP contribution in [0.2, 0.25) is 5.02 Å². The van der Waals surface area contributed by atoms with E-state index in [1.807, 2.05) is 24.3 Å². The molecular weight excluding hydrogens is 414 g/mol. The van der Waals surface area contributed by atoms with Crippen LogP contribution in [0.25, 0.3) is 21.9 Å². The average Bonchev–Trinajstić information content (AvgIpc) is 3.06. The summed E-state index contributed by atoms with van der Waals surface area (Å²) in [7, 11) is -0.895. The summed E-state index contributed by atoms with van der Waals surface area (Å²) in [4.78, 5) is 12.6. The Labute approximate surface area is 172 Å². The summed E-state index contributed by atoms with van der Waals surface area (Å²) in [5.74, 6) is -0.455. The first kappa shape index (κ1) is 19.4. The molecule has 0 bridgehead atoms. The molecule has 1 aromatic heterocycles. The number of para-hydroxylation sites is 1. The maximum Gasteiger partial charge on any atom is 0.345 e. The highest BCUT2D eigenvalue weighted by molar-refractivity contribution is 7.89. The highest BCUT2D eigenvalue weighted by atomic mass is 35.5. The van der Waals surface area contributed by atoms with Crippen LogP contribution in [0.3, 0.4) is 0 Å². The molecule has 29 heavy (non-hydrogen) atoms. The highest BCUT2D eigenvalue weighted by Crippen LogP contribution is 2.32. The van der Waals surface area contributed by atoms with Gasteiger partial charge in [0, 0.05) is 24.9 Å². The van der Waals surface area contributed by atoms with Crippen LogP contribution in [-0.2, 0) is 10.0 Å². The van der Waals surface area contributed by atoms with Crippen LogP contribution >= 0.6 is 11.6 Å². The fourth-order valence-corrected chi connectivity index (χ4v) is 4.09. The van der Waals surface area contributed by atoms with Crippen molar-refractivity contribution in [3.8, 4) is 5.75 Å². The third kappa shape index (κ3) is 3.48. The number of sulfonamides is 1. The molecular formula is C21H16ClNO5S. The molecule has 3 aromatic carbocycles. The van der Waals surface area contributed by atoms with Gasteiger partial charge in [0.05, 0.1) is 15.5 Å². The number of esters is 1. The lowest BCUT2D eigenvalue weighted by Gasteiger charge is -2.13. The monoisotopic (exact) mass is 429 g/mol. The second-order valence-electron chi connectivity index (χ2n) is 6.57. The number of hydrogen-bond donors (Lipinski definition) is 0. The SMILES string of the molecule is CN(C)S(=O)(=O)c1ccc(Cl)c(C(=O)Oc2ccc3oc4ccccc4c3c2)c1. The zero-order valence-electron chi connectivity index (χ0n) is 15.5. The number of furan rings is 1. The van der Waals surface area contributed by atoms with E-state index in [1.165, 1.54) is 32.3 Å². The maximum atomic E-state index is 12.7. The molecule has 0 spiro atoms. The van der Waals surface area contributed by atoms with Crippen molar-refractivity contribution in [1.82, 2.24) is 4.31 Å². The second kappa shape index (κ2) is 7.18. The van der Waals surface area contributed by atoms with Crippen LogP contribution < -0.4 is 4.74 Å². The van der Waals surface area contributed by atoms with E-state index in [2.05, 4.69) is 0 Å². The summed E-state index contributed by atoms with van der Waals surface area (Å²) < 4.78 is 37.0. The molecule has 0 aliphatic heterocycles. The van der Waals surface area contributed by atoms with Crippen LogP contribution in [0, 0.1) is 0 Å². The van der Waals surface area contributed by atoms with Crippen LogP contribution in [-0.4, -0.2) is 32.8 Å². The lowest BCUT2D eigenvalue weighted by molar-refractivity contribution is 0.0735. The Balaban J connectivity index is 1.70. The molecule has 0 saturated heterocycles. The quantitative estimate of drug-likeness (QED) is 0.347. The van der Waals surface area contributed by atoms with Crippen LogP contribution in [0.15, 0.2) is 70.0 Å². The first-order valence-electron chi connectivity index (χ1n) is 8.63. The van der Waals surface area contributed by atoms with Gasteiger partial charge in [-0.2, -0.15) is 0 Å². The molecule has 0 aliphatic rings. The number of nitrogens with zero attached hydrogens (tertiary/aromatic N) is 1. The van der Waals surface area contributed by atoms with Gasteiger partial charge in [-0.1, -0.05) is 29.8 Å². The number of carbonyl (C=O) groups is 1. The Bertz CT molecular complexity index is 1360. The van der Waals surface area contributed by atoms with E-state index in [1.54, 1.807) is 18.2 Å². The van der Waals surface area contributed by atoms with E-state index < -0.39 is 16.0 Å². The summed E-state index contributed by atoms with van der Waals surface area (Å²) in [5, 5.41) is 1.81. The molecule has 0 N–H and O–H groups in total. The minimum atomic E-state index is -3.71. The summed E-state index contributed by atoms with van der Waals surface area (Å²) in [6, 6.07) is 16.5. The van der Waals surface area contributed by atoms with Crippen molar-refractivity contribution in [2.45, 2.75) is 4.90 Å². The number of rotatable bonds is 4. The zero-order valence-corrected chi connectivity index (χ0v) is 17.1. The smallest absolute Gasteiger partial charge is 0.345 e. The Morgan fingerprint density at radius 2 is 1.69 bits per heavy atom. The van der Waals surface area contributed by atoms with E-state index in [0.717, 1.165) is 20.7 Å². The van der Waals surface area contributed by atoms with Gasteiger partial charge < -0.3 is 9.15 Å². The normalized spacial score (nSPS) is 12.0. The number of halogens is 1. The van der Waals surface area contributed by atoms with Gasteiger partial charge in [-0.3, -0.25) is 0 Å². The van der Waals surface area contributed by atoms with Crippen molar-refractivity contribution >= 4 is 49.5 Å². The van der Waals surface area contributed by atoms with Crippen molar-refractivity contribution in [3.05, 3.63) is 71.2 Å². The van der Waals surface area contributed by atoms with Gasteiger partial charge >= 0.3 is 5.97 Å². The van der Waals surface area contributed by atoms with Crippen molar-refractivity contribution in [2.75, 3.05) is 14.1 Å². The largest absolute Gasteiger partial charge is 0.456 e. The van der Waals surface area contributed by atoms with Gasteiger partial charge in [0.2, 0.25) is 10.0 Å². The van der Waals surface area contributed by atoms with Crippen molar-refractivity contribution in [3.63, 3.8) is 0 Å². The Hall–Kier alpha value is -2.87. The lowest BCUT2D eigenvalue weighted by Crippen LogP contribution is -2.22. The zero-order chi connectivity index (χ0) is 20.8. The van der Waals surface area contributed by atoms with Crippen molar-refractivity contribution in [1.29, 1.82) is 0 Å². The van der Waals surface area contributed by atoms with Crippen LogP contribution in [0.5, 0.6) is 5.75 Å². The Morgan fingerprint density at radius 1 is 0.966 bits per heavy atom. The van der Waals surface area contributed by atoms with Gasteiger partial charge in [-0.05, 0) is 42.5 Å². The predicted octanol–water partition coefficient (Wildman–Crippen LogP) is 4.71. The molecule has 4 rings (SSSR count). The molecule has 0 saturated carbocycles. The number of carbonyl (C=O) groups excluding carboxylic acids is 1. The van der Waals surface area contributed by atoms with E-state index >= 15 is 0 Å². The molecule has 0 amide bonds. The fourth-order valence-electron chi connectivity index (χ4n) is 2.96. The first-order chi connectivity index (χ1) is 13.8. The minimum Gasteiger partial charge on any atom is -0.456 e. The summed E-state index contributed by atoms with van der Waals surface area (Å²) in [6.07, 6.45) is 0. The molecule has 8 heteroatoms. The van der Waals surface area contributed by atoms with Gasteiger partial charge in [-0.25, -0.2) is 17.5 Å². The number of ether oxygens (including phenoxy) is 1. The predicted molar refractivity (Wildman–Crippen MR) is 111 cm³/mol. The van der Waals surface area contributed by atoms with Gasteiger partial charge in [-0.15, -0.1) is 0 Å². The number of benzene rings is 3. The first-order valence-corrected chi connectivity index (χ1v) is 10.4. The summed E-state index contributed by atoms with van der Waals surface area (Å²) in [5.41, 5.74) is 1.37. The minimum absolute atomic E-state index is 0.0354. The van der Waals surface area contributed by atoms with Crippen LogP contribution in [0.1, 0.15) is 10.4 Å². The second-order valence-corrected chi connectivity index (χ2v) is 9.13. The van der Waals surface area contributed by atoms with Gasteiger partial charge in [0.15, 0.2) is 0 Å². The number of fused-ring (bicyclic) bond motifs is 3. The third-order valence-corrected chi connectivity index (χ3v) is 6.64. The van der Waals surface area contributed by atoms with E-state index in [4.69, 9.17) is 20.8 Å². The average molecular weight is 430 g/mol. The molecule has 0 atom stereocenters. The topological polar surface area (TPSA) is 76.8 Å². The molecule has 0 radical (unpaired) electrons. The van der Waals surface area contributed by atoms with Crippen molar-refractivity contribution in [2.24, 2.45) is 0 Å². The van der Waals surface area contributed by atoms with E-state index in [0.29, 0.717) is 11.3 Å². The molecule has 6 nitrogen and oxygen atoms in total. The number of hydrogen-bond acceptors (Lipinski definition) is 5. The fraction of sp³-hybridized carbons (Fsp3) is 0.0952. The standard InChI is InChI=1S/C21H16ClNO5S/c1-23(2)29(25,26)14-8-9-18(22)17(12-14)21(24)27-13-7-10-20-16(11-13)15-5-3-4-6-19(15)28-20/h3-12H,1-2H3. The Kier molecular flexibility index (Phi) is 4.82. The summed E-state index contributed by atoms with van der Waals surface area (Å²) >= 11 is 6.12. The van der Waals surface area contributed by atoms with Gasteiger partial charge in [0.25, 0.3) is 0 Å². The highest BCUT2D eigenvalue weighted by Gasteiger charge is 2.22. The molecule has 1 heterocycles.